The molecular formula is C17H22ClN3O2. The number of nitrogens with two attached hydrogens (primary N) is 1. The van der Waals surface area contributed by atoms with E-state index in [4.69, 9.17) is 17.3 Å². The van der Waals surface area contributed by atoms with Gasteiger partial charge >= 0.3 is 0 Å². The number of amides is 2. The van der Waals surface area contributed by atoms with E-state index in [1.165, 1.54) is 0 Å². The van der Waals surface area contributed by atoms with E-state index < -0.39 is 0 Å². The maximum Gasteiger partial charge on any atom is 0.232 e. The van der Waals surface area contributed by atoms with E-state index in [1.54, 1.807) is 6.07 Å². The van der Waals surface area contributed by atoms with Gasteiger partial charge in [-0.15, -0.1) is 0 Å². The maximum atomic E-state index is 12.4. The molecule has 0 radical (unpaired) electrons. The Morgan fingerprint density at radius 2 is 2.13 bits per heavy atom. The SMILES string of the molecule is CC(N)CC(=O)N1CCC(C2C(=O)Nc3cc(Cl)ccc32)CC1. The van der Waals surface area contributed by atoms with Crippen LogP contribution in [0.3, 0.4) is 0 Å². The van der Waals surface area contributed by atoms with Crippen LogP contribution in [-0.2, 0) is 9.59 Å². The van der Waals surface area contributed by atoms with Gasteiger partial charge < -0.3 is 16.0 Å². The van der Waals surface area contributed by atoms with E-state index in [-0.39, 0.29) is 29.7 Å². The fourth-order valence-electron chi connectivity index (χ4n) is 3.61. The largest absolute Gasteiger partial charge is 0.343 e. The zero-order valence-electron chi connectivity index (χ0n) is 13.2. The fourth-order valence-corrected chi connectivity index (χ4v) is 3.79. The minimum Gasteiger partial charge on any atom is -0.343 e. The van der Waals surface area contributed by atoms with Crippen LogP contribution in [0.4, 0.5) is 5.69 Å². The number of fused-ring (bicyclic) bond motifs is 1. The summed E-state index contributed by atoms with van der Waals surface area (Å²) in [5.41, 5.74) is 7.55. The second-order valence-electron chi connectivity index (χ2n) is 6.60. The molecule has 2 amide bonds. The van der Waals surface area contributed by atoms with Crippen molar-refractivity contribution in [3.8, 4) is 0 Å². The molecule has 0 bridgehead atoms. The lowest BCUT2D eigenvalue weighted by Gasteiger charge is -2.34. The smallest absolute Gasteiger partial charge is 0.232 e. The van der Waals surface area contributed by atoms with Crippen molar-refractivity contribution < 1.29 is 9.59 Å². The lowest BCUT2D eigenvalue weighted by molar-refractivity contribution is -0.133. The van der Waals surface area contributed by atoms with Crippen LogP contribution in [-0.4, -0.2) is 35.8 Å². The first kappa shape index (κ1) is 16.3. The molecule has 2 aliphatic heterocycles. The van der Waals surface area contributed by atoms with E-state index in [0.29, 0.717) is 24.5 Å². The van der Waals surface area contributed by atoms with Crippen molar-refractivity contribution in [1.82, 2.24) is 4.90 Å². The van der Waals surface area contributed by atoms with E-state index in [1.807, 2.05) is 24.0 Å². The molecule has 1 fully saturated rings. The first-order valence-electron chi connectivity index (χ1n) is 8.09. The Bertz CT molecular complexity index is 624. The minimum absolute atomic E-state index is 0.0441. The number of benzene rings is 1. The average molecular weight is 336 g/mol. The van der Waals surface area contributed by atoms with Gasteiger partial charge in [0.1, 0.15) is 0 Å². The van der Waals surface area contributed by atoms with E-state index >= 15 is 0 Å². The molecule has 3 rings (SSSR count). The van der Waals surface area contributed by atoms with E-state index in [0.717, 1.165) is 24.1 Å². The summed E-state index contributed by atoms with van der Waals surface area (Å²) in [6.07, 6.45) is 2.06. The van der Waals surface area contributed by atoms with Crippen molar-refractivity contribution in [2.75, 3.05) is 18.4 Å². The number of rotatable bonds is 3. The van der Waals surface area contributed by atoms with Gasteiger partial charge in [-0.05, 0) is 43.4 Å². The molecule has 0 aromatic heterocycles. The predicted molar refractivity (Wildman–Crippen MR) is 90.4 cm³/mol. The van der Waals surface area contributed by atoms with Crippen LogP contribution < -0.4 is 11.1 Å². The van der Waals surface area contributed by atoms with Crippen molar-refractivity contribution in [2.24, 2.45) is 11.7 Å². The van der Waals surface area contributed by atoms with E-state index in [9.17, 15) is 9.59 Å². The second-order valence-corrected chi connectivity index (χ2v) is 7.03. The molecule has 2 aliphatic rings. The number of carbonyl (C=O) groups is 2. The molecule has 2 unspecified atom stereocenters. The van der Waals surface area contributed by atoms with Crippen LogP contribution in [0.15, 0.2) is 18.2 Å². The molecule has 1 saturated heterocycles. The van der Waals surface area contributed by atoms with Gasteiger partial charge in [-0.25, -0.2) is 0 Å². The zero-order valence-corrected chi connectivity index (χ0v) is 14.0. The molecule has 3 N–H and O–H groups in total. The lowest BCUT2D eigenvalue weighted by Crippen LogP contribution is -2.42. The van der Waals surface area contributed by atoms with Crippen LogP contribution in [0.5, 0.6) is 0 Å². The molecule has 5 nitrogen and oxygen atoms in total. The quantitative estimate of drug-likeness (QED) is 0.890. The highest BCUT2D eigenvalue weighted by atomic mass is 35.5. The molecule has 0 saturated carbocycles. The normalized spacial score (nSPS) is 22.7. The molecular weight excluding hydrogens is 314 g/mol. The number of carbonyl (C=O) groups excluding carboxylic acids is 2. The summed E-state index contributed by atoms with van der Waals surface area (Å²) in [5, 5.41) is 3.55. The Balaban J connectivity index is 1.67. The summed E-state index contributed by atoms with van der Waals surface area (Å²) < 4.78 is 0. The molecule has 2 atom stereocenters. The third-order valence-electron chi connectivity index (χ3n) is 4.75. The molecule has 23 heavy (non-hydrogen) atoms. The number of hydrogen-bond donors (Lipinski definition) is 2. The van der Waals surface area contributed by atoms with Gasteiger partial charge in [0.15, 0.2) is 0 Å². The molecule has 1 aromatic rings. The number of nitrogens with one attached hydrogen (secondary N) is 1. The van der Waals surface area contributed by atoms with Gasteiger partial charge in [-0.3, -0.25) is 9.59 Å². The van der Waals surface area contributed by atoms with Gasteiger partial charge in [0.05, 0.1) is 5.92 Å². The highest BCUT2D eigenvalue weighted by molar-refractivity contribution is 6.31. The predicted octanol–water partition coefficient (Wildman–Crippen LogP) is 2.35. The topological polar surface area (TPSA) is 75.4 Å². The van der Waals surface area contributed by atoms with E-state index in [2.05, 4.69) is 5.32 Å². The van der Waals surface area contributed by atoms with Crippen molar-refractivity contribution in [2.45, 2.75) is 38.1 Å². The van der Waals surface area contributed by atoms with Crippen LogP contribution in [0.1, 0.15) is 37.7 Å². The standard InChI is InChI=1S/C17H22ClN3O2/c1-10(19)8-15(22)21-6-4-11(5-7-21)16-13-3-2-12(18)9-14(13)20-17(16)23/h2-3,9-11,16H,4-8,19H2,1H3,(H,20,23). The third kappa shape index (κ3) is 3.35. The van der Waals surface area contributed by atoms with Gasteiger partial charge in [0, 0.05) is 36.3 Å². The van der Waals surface area contributed by atoms with Crippen LogP contribution in [0.2, 0.25) is 5.02 Å². The Hall–Kier alpha value is -1.59. The molecule has 0 aliphatic carbocycles. The van der Waals surface area contributed by atoms with Crippen LogP contribution >= 0.6 is 11.6 Å². The Morgan fingerprint density at radius 3 is 2.78 bits per heavy atom. The maximum absolute atomic E-state index is 12.4. The first-order valence-corrected chi connectivity index (χ1v) is 8.47. The zero-order chi connectivity index (χ0) is 16.6. The van der Waals surface area contributed by atoms with Crippen molar-refractivity contribution in [1.29, 1.82) is 0 Å². The Morgan fingerprint density at radius 1 is 1.43 bits per heavy atom. The Kier molecular flexibility index (Phi) is 4.60. The average Bonchev–Trinajstić information content (AvgIpc) is 2.81. The minimum atomic E-state index is -0.132. The molecule has 2 heterocycles. The van der Waals surface area contributed by atoms with Crippen molar-refractivity contribution in [3.63, 3.8) is 0 Å². The number of nitrogens with zero attached hydrogens (tertiary/aromatic N) is 1. The van der Waals surface area contributed by atoms with Crippen molar-refractivity contribution in [3.05, 3.63) is 28.8 Å². The number of likely N-dealkylation sites (tertiary alicyclic amines) is 1. The van der Waals surface area contributed by atoms with Crippen molar-refractivity contribution >= 4 is 29.1 Å². The number of hydrogen-bond acceptors (Lipinski definition) is 3. The highest BCUT2D eigenvalue weighted by Crippen LogP contribution is 2.42. The summed E-state index contributed by atoms with van der Waals surface area (Å²) >= 11 is 5.99. The van der Waals surface area contributed by atoms with Gasteiger partial charge in [0.2, 0.25) is 11.8 Å². The summed E-state index contributed by atoms with van der Waals surface area (Å²) in [4.78, 5) is 26.3. The van der Waals surface area contributed by atoms with Crippen LogP contribution in [0, 0.1) is 5.92 Å². The second kappa shape index (κ2) is 6.49. The van der Waals surface area contributed by atoms with Gasteiger partial charge in [0.25, 0.3) is 0 Å². The summed E-state index contributed by atoms with van der Waals surface area (Å²) in [5.74, 6) is 0.286. The van der Waals surface area contributed by atoms with Gasteiger partial charge in [-0.2, -0.15) is 0 Å². The lowest BCUT2D eigenvalue weighted by atomic mass is 9.80. The number of piperidine rings is 1. The summed E-state index contributed by atoms with van der Waals surface area (Å²) in [6, 6.07) is 5.45. The summed E-state index contributed by atoms with van der Waals surface area (Å²) in [6.45, 7) is 3.24. The molecule has 6 heteroatoms. The number of halogens is 1. The highest BCUT2D eigenvalue weighted by Gasteiger charge is 2.38. The molecule has 124 valence electrons. The first-order chi connectivity index (χ1) is 11.0. The number of anilines is 1. The fraction of sp³-hybridized carbons (Fsp3) is 0.529. The Labute approximate surface area is 141 Å². The summed E-state index contributed by atoms with van der Waals surface area (Å²) in [7, 11) is 0. The molecule has 0 spiro atoms. The van der Waals surface area contributed by atoms with Gasteiger partial charge in [-0.1, -0.05) is 17.7 Å². The third-order valence-corrected chi connectivity index (χ3v) is 4.99. The van der Waals surface area contributed by atoms with Crippen LogP contribution in [0.25, 0.3) is 0 Å². The monoisotopic (exact) mass is 335 g/mol. The molecule has 1 aromatic carbocycles.